The minimum absolute atomic E-state index is 0.139. The van der Waals surface area contributed by atoms with Crippen molar-refractivity contribution in [2.75, 3.05) is 0 Å². The summed E-state index contributed by atoms with van der Waals surface area (Å²) in [5.41, 5.74) is -0.998. The van der Waals surface area contributed by atoms with Crippen LogP contribution in [0.1, 0.15) is 59.8 Å². The van der Waals surface area contributed by atoms with Gasteiger partial charge in [0, 0.05) is 11.8 Å². The van der Waals surface area contributed by atoms with Crippen LogP contribution in [0.3, 0.4) is 0 Å². The van der Waals surface area contributed by atoms with Crippen LogP contribution in [0.5, 0.6) is 0 Å². The van der Waals surface area contributed by atoms with E-state index >= 15 is 0 Å². The molecule has 2 aliphatic carbocycles. The Labute approximate surface area is 153 Å². The minimum Gasteiger partial charge on any atom is -0.481 e. The van der Waals surface area contributed by atoms with Gasteiger partial charge in [-0.05, 0) is 63.4 Å². The zero-order chi connectivity index (χ0) is 19.5. The van der Waals surface area contributed by atoms with E-state index in [4.69, 9.17) is 4.74 Å². The first kappa shape index (κ1) is 18.9. The van der Waals surface area contributed by atoms with Crippen LogP contribution in [0.15, 0.2) is 11.6 Å². The largest absolute Gasteiger partial charge is 0.481 e. The van der Waals surface area contributed by atoms with Crippen molar-refractivity contribution in [2.24, 2.45) is 28.1 Å². The van der Waals surface area contributed by atoms with Gasteiger partial charge in [-0.3, -0.25) is 14.4 Å². The molecule has 2 N–H and O–H groups in total. The fraction of sp³-hybridized carbons (Fsp3) is 0.750. The molecular weight excluding hydrogens is 336 g/mol. The normalized spacial score (nSPS) is 39.5. The number of esters is 1. The van der Waals surface area contributed by atoms with Gasteiger partial charge in [0.25, 0.3) is 0 Å². The first-order chi connectivity index (χ1) is 11.9. The van der Waals surface area contributed by atoms with Gasteiger partial charge in [0.1, 0.15) is 6.10 Å². The molecule has 1 spiro atoms. The molecule has 0 aromatic carbocycles. The summed E-state index contributed by atoms with van der Waals surface area (Å²) in [6, 6.07) is 0. The van der Waals surface area contributed by atoms with Gasteiger partial charge in [-0.1, -0.05) is 12.5 Å². The Morgan fingerprint density at radius 3 is 2.58 bits per heavy atom. The standard InChI is InChI=1S/C20H28O6/c1-11-7-14-20(9-11)6-5-12(18(2,3)17(24)25)19(4,10-15(21)22)13(20)8-16(23)26-14/h7,12-14H,5-6,8-10H2,1-4H3,(H,21,22)(H,24,25)/t12-,13+,14+,19-,20+/m1/s1. The van der Waals surface area contributed by atoms with Crippen molar-refractivity contribution in [1.82, 2.24) is 0 Å². The molecule has 2 fully saturated rings. The third-order valence-corrected chi connectivity index (χ3v) is 7.38. The molecule has 1 heterocycles. The predicted octanol–water partition coefficient (Wildman–Crippen LogP) is 3.26. The Morgan fingerprint density at radius 1 is 1.35 bits per heavy atom. The highest BCUT2D eigenvalue weighted by Crippen LogP contribution is 2.67. The SMILES string of the molecule is CC1=C[C@@H]2OC(=O)C[C@H]3[C@](C)(CC(=O)O)[C@@H](C(C)(C)C(=O)O)CC[C@@]23C1. The fourth-order valence-electron chi connectivity index (χ4n) is 6.32. The number of carboxylic acid groups (broad SMARTS) is 2. The van der Waals surface area contributed by atoms with Crippen LogP contribution in [0.4, 0.5) is 0 Å². The van der Waals surface area contributed by atoms with Crippen LogP contribution in [-0.4, -0.2) is 34.2 Å². The van der Waals surface area contributed by atoms with E-state index in [1.54, 1.807) is 13.8 Å². The van der Waals surface area contributed by atoms with Crippen LogP contribution in [-0.2, 0) is 19.1 Å². The molecular formula is C20H28O6. The van der Waals surface area contributed by atoms with E-state index in [0.29, 0.717) is 6.42 Å². The molecule has 6 nitrogen and oxygen atoms in total. The van der Waals surface area contributed by atoms with E-state index in [2.05, 4.69) is 0 Å². The molecule has 5 atom stereocenters. The number of carboxylic acids is 2. The van der Waals surface area contributed by atoms with Crippen LogP contribution in [0.2, 0.25) is 0 Å². The molecule has 0 bridgehead atoms. The Balaban J connectivity index is 2.11. The second kappa shape index (κ2) is 5.83. The van der Waals surface area contributed by atoms with E-state index in [1.165, 1.54) is 0 Å². The highest BCUT2D eigenvalue weighted by molar-refractivity contribution is 5.76. The molecule has 0 radical (unpaired) electrons. The van der Waals surface area contributed by atoms with Crippen molar-refractivity contribution in [3.05, 3.63) is 11.6 Å². The smallest absolute Gasteiger partial charge is 0.309 e. The molecule has 6 heteroatoms. The molecule has 1 saturated carbocycles. The Hall–Kier alpha value is -1.85. The lowest BCUT2D eigenvalue weighted by Crippen LogP contribution is -2.61. The van der Waals surface area contributed by atoms with E-state index in [0.717, 1.165) is 18.4 Å². The van der Waals surface area contributed by atoms with Gasteiger partial charge in [0.2, 0.25) is 0 Å². The van der Waals surface area contributed by atoms with E-state index < -0.39 is 22.8 Å². The summed E-state index contributed by atoms with van der Waals surface area (Å²) >= 11 is 0. The second-order valence-corrected chi connectivity index (χ2v) is 9.28. The van der Waals surface area contributed by atoms with Gasteiger partial charge in [-0.25, -0.2) is 0 Å². The Bertz CT molecular complexity index is 692. The lowest BCUT2D eigenvalue weighted by Gasteiger charge is -2.61. The van der Waals surface area contributed by atoms with Crippen molar-refractivity contribution in [3.63, 3.8) is 0 Å². The molecule has 1 aliphatic heterocycles. The molecule has 3 aliphatic rings. The van der Waals surface area contributed by atoms with Gasteiger partial charge in [0.15, 0.2) is 0 Å². The maximum Gasteiger partial charge on any atom is 0.309 e. The summed E-state index contributed by atoms with van der Waals surface area (Å²) in [7, 11) is 0. The molecule has 0 aromatic rings. The third-order valence-electron chi connectivity index (χ3n) is 7.38. The molecule has 144 valence electrons. The number of allylic oxidation sites excluding steroid dienone is 1. The number of carbonyl (C=O) groups excluding carboxylic acids is 1. The van der Waals surface area contributed by atoms with Crippen LogP contribution >= 0.6 is 0 Å². The zero-order valence-corrected chi connectivity index (χ0v) is 15.9. The number of ether oxygens (including phenoxy) is 1. The first-order valence-corrected chi connectivity index (χ1v) is 9.25. The molecule has 26 heavy (non-hydrogen) atoms. The quantitative estimate of drug-likeness (QED) is 0.586. The molecule has 0 aromatic heterocycles. The van der Waals surface area contributed by atoms with Gasteiger partial charge < -0.3 is 14.9 Å². The minimum atomic E-state index is -1.07. The van der Waals surface area contributed by atoms with E-state index in [9.17, 15) is 24.6 Å². The van der Waals surface area contributed by atoms with Crippen LogP contribution in [0, 0.1) is 28.1 Å². The van der Waals surface area contributed by atoms with Gasteiger partial charge >= 0.3 is 17.9 Å². The van der Waals surface area contributed by atoms with Gasteiger partial charge in [-0.15, -0.1) is 0 Å². The topological polar surface area (TPSA) is 101 Å². The van der Waals surface area contributed by atoms with Crippen molar-refractivity contribution >= 4 is 17.9 Å². The maximum atomic E-state index is 12.3. The summed E-state index contributed by atoms with van der Waals surface area (Å²) < 4.78 is 5.63. The Morgan fingerprint density at radius 2 is 2.00 bits per heavy atom. The van der Waals surface area contributed by atoms with Crippen LogP contribution < -0.4 is 0 Å². The number of aliphatic carboxylic acids is 2. The molecule has 3 rings (SSSR count). The monoisotopic (exact) mass is 364 g/mol. The summed E-state index contributed by atoms with van der Waals surface area (Å²) in [4.78, 5) is 36.0. The molecule has 1 saturated heterocycles. The maximum absolute atomic E-state index is 12.3. The Kier molecular flexibility index (Phi) is 4.24. The van der Waals surface area contributed by atoms with Crippen molar-refractivity contribution in [1.29, 1.82) is 0 Å². The summed E-state index contributed by atoms with van der Waals surface area (Å²) in [5.74, 6) is -2.72. The van der Waals surface area contributed by atoms with Crippen LogP contribution in [0.25, 0.3) is 0 Å². The fourth-order valence-corrected chi connectivity index (χ4v) is 6.32. The van der Waals surface area contributed by atoms with E-state index in [1.807, 2.05) is 19.9 Å². The van der Waals surface area contributed by atoms with Gasteiger partial charge in [-0.2, -0.15) is 0 Å². The first-order valence-electron chi connectivity index (χ1n) is 9.25. The highest BCUT2D eigenvalue weighted by Gasteiger charge is 2.66. The van der Waals surface area contributed by atoms with Crippen molar-refractivity contribution < 1.29 is 29.3 Å². The number of rotatable bonds is 4. The lowest BCUT2D eigenvalue weighted by molar-refractivity contribution is -0.205. The van der Waals surface area contributed by atoms with Gasteiger partial charge in [0.05, 0.1) is 11.8 Å². The number of hydrogen-bond donors (Lipinski definition) is 2. The predicted molar refractivity (Wildman–Crippen MR) is 93.3 cm³/mol. The second-order valence-electron chi connectivity index (χ2n) is 9.28. The average Bonchev–Trinajstić information content (AvgIpc) is 2.79. The van der Waals surface area contributed by atoms with E-state index in [-0.39, 0.29) is 42.2 Å². The molecule has 0 unspecified atom stereocenters. The summed E-state index contributed by atoms with van der Waals surface area (Å²) in [6.07, 6.45) is 3.84. The summed E-state index contributed by atoms with van der Waals surface area (Å²) in [6.45, 7) is 7.24. The highest BCUT2D eigenvalue weighted by atomic mass is 16.5. The third kappa shape index (κ3) is 2.57. The molecule has 0 amide bonds. The number of carbonyl (C=O) groups is 3. The van der Waals surface area contributed by atoms with Crippen molar-refractivity contribution in [2.45, 2.75) is 65.9 Å². The van der Waals surface area contributed by atoms with Crippen molar-refractivity contribution in [3.8, 4) is 0 Å². The average molecular weight is 364 g/mol. The lowest BCUT2D eigenvalue weighted by atomic mass is 9.44. The zero-order valence-electron chi connectivity index (χ0n) is 15.9. The number of hydrogen-bond acceptors (Lipinski definition) is 4. The summed E-state index contributed by atoms with van der Waals surface area (Å²) in [5, 5.41) is 19.4.